The fraction of sp³-hybridized carbons (Fsp3) is 0.115. The van der Waals surface area contributed by atoms with Gasteiger partial charge in [-0.15, -0.1) is 0 Å². The molecule has 4 aromatic heterocycles. The molecule has 8 nitrogen and oxygen atoms in total. The van der Waals surface area contributed by atoms with Gasteiger partial charge in [0.25, 0.3) is 5.91 Å². The van der Waals surface area contributed by atoms with Crippen LogP contribution in [0.2, 0.25) is 0 Å². The molecule has 6 aromatic rings. The van der Waals surface area contributed by atoms with E-state index in [9.17, 15) is 4.79 Å². The summed E-state index contributed by atoms with van der Waals surface area (Å²) in [5.74, 6) is -0.250. The lowest BCUT2D eigenvalue weighted by molar-refractivity contribution is 0.0943. The number of amides is 1. The summed E-state index contributed by atoms with van der Waals surface area (Å²) in [6, 6.07) is 16.0. The van der Waals surface area contributed by atoms with Crippen LogP contribution in [0.3, 0.4) is 0 Å². The molecule has 3 N–H and O–H groups in total. The summed E-state index contributed by atoms with van der Waals surface area (Å²) in [4.78, 5) is 18.1. The fourth-order valence-electron chi connectivity index (χ4n) is 4.63. The van der Waals surface area contributed by atoms with E-state index in [4.69, 9.17) is 10.4 Å². The maximum absolute atomic E-state index is 13.3. The molecule has 2 aromatic carbocycles. The van der Waals surface area contributed by atoms with E-state index in [1.54, 1.807) is 10.8 Å². The van der Waals surface area contributed by atoms with E-state index in [0.717, 1.165) is 43.2 Å². The lowest BCUT2D eigenvalue weighted by Gasteiger charge is -2.08. The Balaban J connectivity index is 1.32. The van der Waals surface area contributed by atoms with E-state index < -0.39 is 0 Å². The topological polar surface area (TPSA) is 112 Å². The van der Waals surface area contributed by atoms with Gasteiger partial charge in [-0.3, -0.25) is 9.89 Å². The number of fused-ring (bicyclic) bond motifs is 3. The van der Waals surface area contributed by atoms with Crippen molar-refractivity contribution in [2.75, 3.05) is 0 Å². The van der Waals surface area contributed by atoms with Crippen LogP contribution in [0.5, 0.6) is 0 Å². The third kappa shape index (κ3) is 3.57. The second-order valence-corrected chi connectivity index (χ2v) is 9.24. The molecule has 0 aliphatic heterocycles. The van der Waals surface area contributed by atoms with Crippen molar-refractivity contribution in [3.8, 4) is 0 Å². The number of carbonyl (C=O) groups is 1. The third-order valence-electron chi connectivity index (χ3n) is 6.37. The van der Waals surface area contributed by atoms with Crippen molar-refractivity contribution in [3.63, 3.8) is 0 Å². The Morgan fingerprint density at radius 2 is 1.94 bits per heavy atom. The first-order chi connectivity index (χ1) is 17.1. The summed E-state index contributed by atoms with van der Waals surface area (Å²) >= 11 is 1.48. The SMILES string of the molecule is Cn1c(C(=O)NCc2cccc3[nH]ncc23)c(C=N)c2ccc(Cc3cccc4sncc34)nc21. The molecule has 0 atom stereocenters. The van der Waals surface area contributed by atoms with Gasteiger partial charge in [0.05, 0.1) is 16.4 Å². The van der Waals surface area contributed by atoms with Gasteiger partial charge in [0.15, 0.2) is 0 Å². The van der Waals surface area contributed by atoms with E-state index in [-0.39, 0.29) is 5.91 Å². The minimum Gasteiger partial charge on any atom is -0.347 e. The fourth-order valence-corrected chi connectivity index (χ4v) is 5.32. The summed E-state index contributed by atoms with van der Waals surface area (Å²) < 4.78 is 7.24. The Labute approximate surface area is 204 Å². The van der Waals surface area contributed by atoms with E-state index >= 15 is 0 Å². The quantitative estimate of drug-likeness (QED) is 0.304. The zero-order valence-corrected chi connectivity index (χ0v) is 19.7. The van der Waals surface area contributed by atoms with Gasteiger partial charge in [-0.2, -0.15) is 9.47 Å². The number of aromatic amines is 1. The van der Waals surface area contributed by atoms with Crippen LogP contribution in [0.1, 0.15) is 32.9 Å². The van der Waals surface area contributed by atoms with Crippen LogP contribution in [-0.2, 0) is 20.0 Å². The predicted molar refractivity (Wildman–Crippen MR) is 138 cm³/mol. The van der Waals surface area contributed by atoms with Crippen LogP contribution < -0.4 is 5.32 Å². The highest BCUT2D eigenvalue weighted by atomic mass is 32.1. The van der Waals surface area contributed by atoms with E-state index in [1.165, 1.54) is 17.7 Å². The largest absolute Gasteiger partial charge is 0.347 e. The molecule has 0 radical (unpaired) electrons. The van der Waals surface area contributed by atoms with Crippen molar-refractivity contribution >= 4 is 55.7 Å². The Bertz CT molecular complexity index is 1740. The van der Waals surface area contributed by atoms with Crippen LogP contribution in [0.25, 0.3) is 32.0 Å². The van der Waals surface area contributed by atoms with Crippen molar-refractivity contribution in [2.24, 2.45) is 7.05 Å². The zero-order valence-electron chi connectivity index (χ0n) is 18.9. The molecule has 0 saturated heterocycles. The lowest BCUT2D eigenvalue weighted by Crippen LogP contribution is -2.26. The van der Waals surface area contributed by atoms with Gasteiger partial charge in [0, 0.05) is 59.8 Å². The minimum atomic E-state index is -0.250. The molecule has 9 heteroatoms. The maximum atomic E-state index is 13.3. The molecular weight excluding hydrogens is 458 g/mol. The molecule has 6 rings (SSSR count). The summed E-state index contributed by atoms with van der Waals surface area (Å²) in [5, 5.41) is 20.9. The van der Waals surface area contributed by atoms with Crippen LogP contribution in [0.15, 0.2) is 60.9 Å². The van der Waals surface area contributed by atoms with Gasteiger partial charge in [-0.25, -0.2) is 4.98 Å². The normalized spacial score (nSPS) is 11.5. The molecule has 1 amide bonds. The molecular formula is C26H21N7OS. The number of hydrogen-bond donors (Lipinski definition) is 3. The molecule has 0 fully saturated rings. The van der Waals surface area contributed by atoms with E-state index in [0.29, 0.717) is 29.9 Å². The molecule has 0 bridgehead atoms. The van der Waals surface area contributed by atoms with Crippen LogP contribution >= 0.6 is 11.5 Å². The van der Waals surface area contributed by atoms with Crippen molar-refractivity contribution in [1.82, 2.24) is 29.4 Å². The Morgan fingerprint density at radius 1 is 1.09 bits per heavy atom. The molecule has 172 valence electrons. The van der Waals surface area contributed by atoms with Crippen LogP contribution in [0.4, 0.5) is 0 Å². The Kier molecular flexibility index (Phi) is 5.11. The summed E-state index contributed by atoms with van der Waals surface area (Å²) in [6.45, 7) is 0.353. The van der Waals surface area contributed by atoms with Gasteiger partial charge >= 0.3 is 0 Å². The molecule has 0 aliphatic rings. The van der Waals surface area contributed by atoms with E-state index in [2.05, 4.69) is 32.0 Å². The number of pyridine rings is 1. The summed E-state index contributed by atoms with van der Waals surface area (Å²) in [5.41, 5.74) is 5.61. The Morgan fingerprint density at radius 3 is 2.83 bits per heavy atom. The van der Waals surface area contributed by atoms with Crippen molar-refractivity contribution in [2.45, 2.75) is 13.0 Å². The number of carbonyl (C=O) groups excluding carboxylic acids is 1. The van der Waals surface area contributed by atoms with Crippen molar-refractivity contribution in [3.05, 3.63) is 89.0 Å². The van der Waals surface area contributed by atoms with Crippen molar-refractivity contribution in [1.29, 1.82) is 5.41 Å². The smallest absolute Gasteiger partial charge is 0.268 e. The number of nitrogens with one attached hydrogen (secondary N) is 3. The average Bonchev–Trinajstić information content (AvgIpc) is 3.61. The molecule has 0 saturated carbocycles. The summed E-state index contributed by atoms with van der Waals surface area (Å²) in [7, 11) is 1.82. The maximum Gasteiger partial charge on any atom is 0.268 e. The number of aryl methyl sites for hydroxylation is 1. The van der Waals surface area contributed by atoms with E-state index in [1.807, 2.05) is 49.6 Å². The van der Waals surface area contributed by atoms with Crippen LogP contribution in [0, 0.1) is 5.41 Å². The average molecular weight is 480 g/mol. The van der Waals surface area contributed by atoms with Gasteiger partial charge in [0.1, 0.15) is 11.3 Å². The molecule has 35 heavy (non-hydrogen) atoms. The monoisotopic (exact) mass is 479 g/mol. The number of aromatic nitrogens is 5. The first kappa shape index (κ1) is 21.2. The molecule has 0 aliphatic carbocycles. The molecule has 0 spiro atoms. The second kappa shape index (κ2) is 8.44. The highest BCUT2D eigenvalue weighted by molar-refractivity contribution is 7.13. The lowest BCUT2D eigenvalue weighted by atomic mass is 10.1. The second-order valence-electron chi connectivity index (χ2n) is 8.40. The van der Waals surface area contributed by atoms with Gasteiger partial charge in [-0.1, -0.05) is 24.3 Å². The first-order valence-electron chi connectivity index (χ1n) is 11.1. The highest BCUT2D eigenvalue weighted by Gasteiger charge is 2.21. The number of rotatable bonds is 6. The summed E-state index contributed by atoms with van der Waals surface area (Å²) in [6.07, 6.45) is 5.55. The van der Waals surface area contributed by atoms with Crippen molar-refractivity contribution < 1.29 is 4.79 Å². The zero-order chi connectivity index (χ0) is 23.9. The van der Waals surface area contributed by atoms with Gasteiger partial charge in [-0.05, 0) is 46.9 Å². The number of nitrogens with zero attached hydrogens (tertiary/aromatic N) is 4. The number of H-pyrrole nitrogens is 1. The standard InChI is InChI=1S/C26H21N7OS/c1-33-24(26(34)28-12-16-5-2-6-22-20(16)13-29-32-22)19(11-27)18-9-8-17(31-25(18)33)10-15-4-3-7-23-21(15)14-30-35-23/h2-9,11,13-14,27H,10,12H2,1H3,(H,28,34)(H,29,32). The third-order valence-corrected chi connectivity index (χ3v) is 7.13. The Hall–Kier alpha value is -4.37. The predicted octanol–water partition coefficient (Wildman–Crippen LogP) is 4.58. The van der Waals surface area contributed by atoms with Gasteiger partial charge < -0.3 is 15.3 Å². The van der Waals surface area contributed by atoms with Gasteiger partial charge in [0.2, 0.25) is 0 Å². The highest BCUT2D eigenvalue weighted by Crippen LogP contribution is 2.27. The molecule has 4 heterocycles. The number of hydrogen-bond acceptors (Lipinski definition) is 6. The first-order valence-corrected chi connectivity index (χ1v) is 11.9. The molecule has 0 unspecified atom stereocenters. The van der Waals surface area contributed by atoms with Crippen LogP contribution in [-0.4, -0.2) is 36.2 Å². The minimum absolute atomic E-state index is 0.250. The number of benzene rings is 2.